The smallest absolute Gasteiger partial charge is 0.145 e. The third-order valence-corrected chi connectivity index (χ3v) is 12.1. The van der Waals surface area contributed by atoms with Gasteiger partial charge in [-0.2, -0.15) is 0 Å². The molecule has 55 heavy (non-hydrogen) atoms. The highest BCUT2D eigenvalue weighted by atomic mass is 16.3. The van der Waals surface area contributed by atoms with E-state index in [1.807, 2.05) is 0 Å². The molecular weight excluding hydrogens is 667 g/mol. The van der Waals surface area contributed by atoms with Gasteiger partial charge in [-0.1, -0.05) is 166 Å². The number of benzene rings is 8. The lowest BCUT2D eigenvalue weighted by molar-refractivity contribution is 0.590. The highest BCUT2D eigenvalue weighted by Gasteiger charge is 2.53. The van der Waals surface area contributed by atoms with Gasteiger partial charge in [0.05, 0.1) is 16.5 Å². The van der Waals surface area contributed by atoms with E-state index in [9.17, 15) is 0 Å². The molecular formula is C53H39NO. The molecule has 0 bridgehead atoms. The summed E-state index contributed by atoms with van der Waals surface area (Å²) in [6.45, 7) is 6.83. The van der Waals surface area contributed by atoms with Crippen LogP contribution in [0.4, 0.5) is 17.1 Å². The van der Waals surface area contributed by atoms with Gasteiger partial charge in [0.2, 0.25) is 0 Å². The van der Waals surface area contributed by atoms with E-state index in [2.05, 4.69) is 208 Å². The minimum absolute atomic E-state index is 0.0315. The average Bonchev–Trinajstić information content (AvgIpc) is 3.86. The zero-order chi connectivity index (χ0) is 36.9. The summed E-state index contributed by atoms with van der Waals surface area (Å²) >= 11 is 0. The van der Waals surface area contributed by atoms with Crippen molar-refractivity contribution in [1.29, 1.82) is 0 Å². The van der Waals surface area contributed by atoms with Gasteiger partial charge in [-0.3, -0.25) is 0 Å². The third kappa shape index (κ3) is 4.49. The predicted molar refractivity (Wildman–Crippen MR) is 229 cm³/mol. The highest BCUT2D eigenvalue weighted by molar-refractivity contribution is 6.19. The zero-order valence-corrected chi connectivity index (χ0v) is 31.2. The lowest BCUT2D eigenvalue weighted by Crippen LogP contribution is -2.26. The molecule has 11 rings (SSSR count). The van der Waals surface area contributed by atoms with Crippen LogP contribution in [0, 0.1) is 0 Å². The molecule has 0 saturated heterocycles. The number of fused-ring (bicyclic) bond motifs is 14. The van der Waals surface area contributed by atoms with Crippen LogP contribution in [0.1, 0.15) is 48.6 Å². The molecule has 0 aliphatic heterocycles. The SMILES string of the molecule is CC(C)(C)c1ccc(N(c2ccc(-c3ccccc3)cc2)c2cc3c(c4oc5ccccc5c24)-c2ccccc2C32c3ccccc3-c3ccccc32)cc1. The van der Waals surface area contributed by atoms with E-state index in [4.69, 9.17) is 4.42 Å². The van der Waals surface area contributed by atoms with Crippen molar-refractivity contribution in [3.05, 3.63) is 210 Å². The molecule has 2 aliphatic rings. The molecule has 1 heterocycles. The number of hydrogen-bond donors (Lipinski definition) is 0. The number of rotatable bonds is 4. The van der Waals surface area contributed by atoms with Crippen molar-refractivity contribution in [2.45, 2.75) is 31.6 Å². The van der Waals surface area contributed by atoms with Crippen LogP contribution in [0.15, 0.2) is 186 Å². The summed E-state index contributed by atoms with van der Waals surface area (Å²) in [7, 11) is 0. The maximum Gasteiger partial charge on any atom is 0.145 e. The zero-order valence-electron chi connectivity index (χ0n) is 31.2. The Labute approximate surface area is 322 Å². The Bertz CT molecular complexity index is 2900. The van der Waals surface area contributed by atoms with Crippen molar-refractivity contribution in [3.8, 4) is 33.4 Å². The van der Waals surface area contributed by atoms with Gasteiger partial charge in [-0.15, -0.1) is 0 Å². The van der Waals surface area contributed by atoms with E-state index in [1.54, 1.807) is 0 Å². The van der Waals surface area contributed by atoms with E-state index in [1.165, 1.54) is 61.2 Å². The summed E-state index contributed by atoms with van der Waals surface area (Å²) in [5, 5.41) is 2.23. The monoisotopic (exact) mass is 705 g/mol. The molecule has 0 fully saturated rings. The molecule has 1 aromatic heterocycles. The molecule has 8 aromatic carbocycles. The molecule has 2 nitrogen and oxygen atoms in total. The van der Waals surface area contributed by atoms with E-state index in [0.717, 1.165) is 39.0 Å². The van der Waals surface area contributed by atoms with Crippen LogP contribution in [0.25, 0.3) is 55.3 Å². The topological polar surface area (TPSA) is 16.4 Å². The Morgan fingerprint density at radius 3 is 1.62 bits per heavy atom. The molecule has 9 aromatic rings. The maximum absolute atomic E-state index is 7.11. The Morgan fingerprint density at radius 2 is 0.982 bits per heavy atom. The molecule has 1 spiro atoms. The lowest BCUT2D eigenvalue weighted by atomic mass is 9.70. The Kier molecular flexibility index (Phi) is 6.76. The second-order valence-electron chi connectivity index (χ2n) is 16.1. The summed E-state index contributed by atoms with van der Waals surface area (Å²) < 4.78 is 7.11. The van der Waals surface area contributed by atoms with Crippen molar-refractivity contribution in [2.75, 3.05) is 4.90 Å². The number of furan rings is 1. The quantitative estimate of drug-likeness (QED) is 0.181. The average molecular weight is 706 g/mol. The van der Waals surface area contributed by atoms with Crippen molar-refractivity contribution in [2.24, 2.45) is 0 Å². The minimum Gasteiger partial charge on any atom is -0.455 e. The molecule has 0 saturated carbocycles. The Hall–Kier alpha value is -6.64. The summed E-state index contributed by atoms with van der Waals surface area (Å²) in [5.74, 6) is 0. The third-order valence-electron chi connectivity index (χ3n) is 12.1. The van der Waals surface area contributed by atoms with Gasteiger partial charge < -0.3 is 9.32 Å². The summed E-state index contributed by atoms with van der Waals surface area (Å²) in [4.78, 5) is 2.45. The van der Waals surface area contributed by atoms with Crippen LogP contribution < -0.4 is 4.90 Å². The van der Waals surface area contributed by atoms with Crippen LogP contribution in [0.2, 0.25) is 0 Å². The summed E-state index contributed by atoms with van der Waals surface area (Å²) in [5.41, 5.74) is 18.5. The van der Waals surface area contributed by atoms with E-state index >= 15 is 0 Å². The van der Waals surface area contributed by atoms with Gasteiger partial charge in [0.15, 0.2) is 0 Å². The fourth-order valence-electron chi connectivity index (χ4n) is 9.58. The van der Waals surface area contributed by atoms with E-state index in [-0.39, 0.29) is 5.41 Å². The number of nitrogens with zero attached hydrogens (tertiary/aromatic N) is 1. The van der Waals surface area contributed by atoms with E-state index < -0.39 is 5.41 Å². The first kappa shape index (κ1) is 31.8. The Morgan fingerprint density at radius 1 is 0.473 bits per heavy atom. The minimum atomic E-state index is -0.514. The second kappa shape index (κ2) is 11.7. The predicted octanol–water partition coefficient (Wildman–Crippen LogP) is 14.4. The van der Waals surface area contributed by atoms with Crippen molar-refractivity contribution in [3.63, 3.8) is 0 Å². The van der Waals surface area contributed by atoms with E-state index in [0.29, 0.717) is 0 Å². The first-order chi connectivity index (χ1) is 26.9. The van der Waals surface area contributed by atoms with Crippen molar-refractivity contribution >= 4 is 39.0 Å². The molecule has 0 atom stereocenters. The number of para-hydroxylation sites is 1. The Balaban J connectivity index is 1.27. The summed E-state index contributed by atoms with van der Waals surface area (Å²) in [6.07, 6.45) is 0. The van der Waals surface area contributed by atoms with Gasteiger partial charge in [0.1, 0.15) is 11.2 Å². The first-order valence-corrected chi connectivity index (χ1v) is 19.3. The number of hydrogen-bond acceptors (Lipinski definition) is 2. The largest absolute Gasteiger partial charge is 0.455 e. The molecule has 0 amide bonds. The lowest BCUT2D eigenvalue weighted by Gasteiger charge is -2.32. The van der Waals surface area contributed by atoms with Gasteiger partial charge in [-0.25, -0.2) is 0 Å². The molecule has 2 aliphatic carbocycles. The first-order valence-electron chi connectivity index (χ1n) is 19.3. The van der Waals surface area contributed by atoms with Crippen molar-refractivity contribution < 1.29 is 4.42 Å². The van der Waals surface area contributed by atoms with Crippen molar-refractivity contribution in [1.82, 2.24) is 0 Å². The molecule has 0 radical (unpaired) electrons. The van der Waals surface area contributed by atoms with Crippen LogP contribution >= 0.6 is 0 Å². The fourth-order valence-corrected chi connectivity index (χ4v) is 9.58. The molecule has 0 unspecified atom stereocenters. The maximum atomic E-state index is 7.11. The van der Waals surface area contributed by atoms with Gasteiger partial charge in [0, 0.05) is 22.3 Å². The molecule has 0 N–H and O–H groups in total. The normalized spacial score (nSPS) is 13.5. The van der Waals surface area contributed by atoms with Gasteiger partial charge >= 0.3 is 0 Å². The number of anilines is 3. The highest BCUT2D eigenvalue weighted by Crippen LogP contribution is 2.65. The second-order valence-corrected chi connectivity index (χ2v) is 16.1. The standard InChI is InChI=1S/C53H39NO/c1-52(2,3)36-27-31-38(32-28-36)54(37-29-25-35(26-30-37)34-15-5-4-6-16-34)47-33-46-49(51-50(47)42-20-10-14-24-48(42)55-51)41-19-9-13-23-45(41)53(46)43-21-11-7-17-39(43)40-18-8-12-22-44(40)53/h4-33H,1-3H3. The molecule has 262 valence electrons. The molecule has 2 heteroatoms. The van der Waals surface area contributed by atoms with Crippen LogP contribution in [-0.4, -0.2) is 0 Å². The van der Waals surface area contributed by atoms with Gasteiger partial charge in [0.25, 0.3) is 0 Å². The van der Waals surface area contributed by atoms with Gasteiger partial charge in [-0.05, 0) is 97.4 Å². The van der Waals surface area contributed by atoms with Crippen LogP contribution in [0.3, 0.4) is 0 Å². The fraction of sp³-hybridized carbons (Fsp3) is 0.0943. The van der Waals surface area contributed by atoms with Crippen LogP contribution in [0.5, 0.6) is 0 Å². The summed E-state index contributed by atoms with van der Waals surface area (Å²) in [6, 6.07) is 66.9. The van der Waals surface area contributed by atoms with Crippen LogP contribution in [-0.2, 0) is 10.8 Å².